The molecular weight excluding hydrogens is 297 g/mol. The first kappa shape index (κ1) is 14.6. The van der Waals surface area contributed by atoms with E-state index in [0.29, 0.717) is 27.1 Å². The van der Waals surface area contributed by atoms with Crippen LogP contribution < -0.4 is 10.2 Å². The molecule has 1 heterocycles. The van der Waals surface area contributed by atoms with Crippen molar-refractivity contribution in [2.45, 2.75) is 0 Å². The zero-order chi connectivity index (χ0) is 14.7. The van der Waals surface area contributed by atoms with Crippen LogP contribution in [-0.4, -0.2) is 25.0 Å². The zero-order valence-electron chi connectivity index (χ0n) is 11.0. The summed E-state index contributed by atoms with van der Waals surface area (Å²) in [6.07, 6.45) is 1.64. The predicted octanol–water partition coefficient (Wildman–Crippen LogP) is 3.71. The Morgan fingerprint density at radius 3 is 2.65 bits per heavy atom. The molecule has 0 aliphatic rings. The Kier molecular flexibility index (Phi) is 4.47. The maximum absolute atomic E-state index is 12.3. The first-order valence-corrected chi connectivity index (χ1v) is 6.63. The normalized spacial score (nSPS) is 10.2. The molecule has 1 aromatic heterocycles. The largest absolute Gasteiger partial charge is 0.362 e. The summed E-state index contributed by atoms with van der Waals surface area (Å²) in [6, 6.07) is 8.33. The summed E-state index contributed by atoms with van der Waals surface area (Å²) in [5.74, 6) is 0.320. The SMILES string of the molecule is CN(C)c1ncccc1C(=O)Nc1ccc(Cl)cc1Cl. The number of pyridine rings is 1. The summed E-state index contributed by atoms with van der Waals surface area (Å²) >= 11 is 11.9. The molecule has 0 bridgehead atoms. The van der Waals surface area contributed by atoms with Crippen molar-refractivity contribution < 1.29 is 4.79 Å². The second-order valence-corrected chi connectivity index (χ2v) is 5.19. The molecule has 0 fully saturated rings. The number of hydrogen-bond acceptors (Lipinski definition) is 3. The zero-order valence-corrected chi connectivity index (χ0v) is 12.5. The van der Waals surface area contributed by atoms with E-state index in [0.717, 1.165) is 0 Å². The van der Waals surface area contributed by atoms with E-state index in [2.05, 4.69) is 10.3 Å². The quantitative estimate of drug-likeness (QED) is 0.940. The molecule has 1 amide bonds. The van der Waals surface area contributed by atoms with Crippen LogP contribution in [0, 0.1) is 0 Å². The maximum atomic E-state index is 12.3. The van der Waals surface area contributed by atoms with Crippen molar-refractivity contribution in [1.29, 1.82) is 0 Å². The van der Waals surface area contributed by atoms with E-state index in [9.17, 15) is 4.79 Å². The van der Waals surface area contributed by atoms with Crippen LogP contribution in [0.5, 0.6) is 0 Å². The summed E-state index contributed by atoms with van der Waals surface area (Å²) in [5.41, 5.74) is 0.984. The van der Waals surface area contributed by atoms with E-state index >= 15 is 0 Å². The van der Waals surface area contributed by atoms with E-state index in [1.807, 2.05) is 14.1 Å². The Morgan fingerprint density at radius 1 is 1.25 bits per heavy atom. The Hall–Kier alpha value is -1.78. The maximum Gasteiger partial charge on any atom is 0.259 e. The highest BCUT2D eigenvalue weighted by atomic mass is 35.5. The molecule has 0 saturated heterocycles. The van der Waals surface area contributed by atoms with Gasteiger partial charge in [-0.2, -0.15) is 0 Å². The predicted molar refractivity (Wildman–Crippen MR) is 83.0 cm³/mol. The Morgan fingerprint density at radius 2 is 2.00 bits per heavy atom. The molecule has 0 aliphatic carbocycles. The number of carbonyl (C=O) groups excluding carboxylic acids is 1. The van der Waals surface area contributed by atoms with E-state index in [1.165, 1.54) is 0 Å². The van der Waals surface area contributed by atoms with Gasteiger partial charge < -0.3 is 10.2 Å². The number of aromatic nitrogens is 1. The molecule has 0 unspecified atom stereocenters. The summed E-state index contributed by atoms with van der Waals surface area (Å²) in [5, 5.41) is 3.66. The minimum Gasteiger partial charge on any atom is -0.362 e. The van der Waals surface area contributed by atoms with E-state index in [4.69, 9.17) is 23.2 Å². The van der Waals surface area contributed by atoms with Gasteiger partial charge in [-0.3, -0.25) is 4.79 Å². The van der Waals surface area contributed by atoms with Gasteiger partial charge in [-0.1, -0.05) is 23.2 Å². The van der Waals surface area contributed by atoms with Gasteiger partial charge in [-0.15, -0.1) is 0 Å². The van der Waals surface area contributed by atoms with Crippen molar-refractivity contribution in [3.8, 4) is 0 Å². The molecule has 6 heteroatoms. The van der Waals surface area contributed by atoms with Gasteiger partial charge >= 0.3 is 0 Å². The summed E-state index contributed by atoms with van der Waals surface area (Å²) in [4.78, 5) is 18.3. The van der Waals surface area contributed by atoms with Crippen molar-refractivity contribution in [2.24, 2.45) is 0 Å². The first-order chi connectivity index (χ1) is 9.49. The van der Waals surface area contributed by atoms with Gasteiger partial charge in [0.05, 0.1) is 16.3 Å². The number of nitrogens with one attached hydrogen (secondary N) is 1. The third-order valence-corrected chi connectivity index (χ3v) is 3.18. The van der Waals surface area contributed by atoms with Gasteiger partial charge in [-0.05, 0) is 30.3 Å². The summed E-state index contributed by atoms with van der Waals surface area (Å²) < 4.78 is 0. The fraction of sp³-hybridized carbons (Fsp3) is 0.143. The van der Waals surface area contributed by atoms with Gasteiger partial charge in [-0.25, -0.2) is 4.98 Å². The highest BCUT2D eigenvalue weighted by molar-refractivity contribution is 6.36. The number of amides is 1. The topological polar surface area (TPSA) is 45.2 Å². The van der Waals surface area contributed by atoms with Crippen LogP contribution in [0.1, 0.15) is 10.4 Å². The van der Waals surface area contributed by atoms with E-state index < -0.39 is 0 Å². The standard InChI is InChI=1S/C14H13Cl2N3O/c1-19(2)13-10(4-3-7-17-13)14(20)18-12-6-5-9(15)8-11(12)16/h3-8H,1-2H3,(H,18,20). The average Bonchev–Trinajstić information content (AvgIpc) is 2.41. The Labute approximate surface area is 127 Å². The molecule has 4 nitrogen and oxygen atoms in total. The van der Waals surface area contributed by atoms with Crippen LogP contribution in [0.4, 0.5) is 11.5 Å². The fourth-order valence-electron chi connectivity index (χ4n) is 1.71. The summed E-state index contributed by atoms with van der Waals surface area (Å²) in [7, 11) is 3.66. The molecule has 0 radical (unpaired) electrons. The van der Waals surface area contributed by atoms with Crippen molar-refractivity contribution >= 4 is 40.6 Å². The first-order valence-electron chi connectivity index (χ1n) is 5.88. The van der Waals surface area contributed by atoms with Gasteiger partial charge in [0.1, 0.15) is 5.82 Å². The van der Waals surface area contributed by atoms with Crippen molar-refractivity contribution in [1.82, 2.24) is 4.98 Å². The van der Waals surface area contributed by atoms with Crippen LogP contribution in [-0.2, 0) is 0 Å². The number of benzene rings is 1. The van der Waals surface area contributed by atoms with Gasteiger partial charge in [0.2, 0.25) is 0 Å². The van der Waals surface area contributed by atoms with Crippen molar-refractivity contribution in [2.75, 3.05) is 24.3 Å². The third-order valence-electron chi connectivity index (χ3n) is 2.63. The van der Waals surface area contributed by atoms with Gasteiger partial charge in [0.25, 0.3) is 5.91 Å². The highest BCUT2D eigenvalue weighted by Crippen LogP contribution is 2.26. The van der Waals surface area contributed by atoms with Crippen LogP contribution in [0.3, 0.4) is 0 Å². The van der Waals surface area contributed by atoms with E-state index in [1.54, 1.807) is 41.4 Å². The number of rotatable bonds is 3. The smallest absolute Gasteiger partial charge is 0.259 e. The fourth-order valence-corrected chi connectivity index (χ4v) is 2.17. The van der Waals surface area contributed by atoms with Crippen molar-refractivity contribution in [3.05, 3.63) is 52.1 Å². The lowest BCUT2D eigenvalue weighted by atomic mass is 10.2. The second kappa shape index (κ2) is 6.11. The van der Waals surface area contributed by atoms with E-state index in [-0.39, 0.29) is 5.91 Å². The van der Waals surface area contributed by atoms with Crippen molar-refractivity contribution in [3.63, 3.8) is 0 Å². The van der Waals surface area contributed by atoms with Gasteiger partial charge in [0, 0.05) is 25.3 Å². The molecule has 2 rings (SSSR count). The minimum absolute atomic E-state index is 0.272. The molecule has 2 aromatic rings. The number of nitrogens with zero attached hydrogens (tertiary/aromatic N) is 2. The lowest BCUT2D eigenvalue weighted by Gasteiger charge is -2.15. The Balaban J connectivity index is 2.29. The molecular formula is C14H13Cl2N3O. The molecule has 20 heavy (non-hydrogen) atoms. The molecule has 1 N–H and O–H groups in total. The number of carbonyl (C=O) groups is 1. The van der Waals surface area contributed by atoms with Gasteiger partial charge in [0.15, 0.2) is 0 Å². The van der Waals surface area contributed by atoms with Crippen LogP contribution in [0.15, 0.2) is 36.5 Å². The van der Waals surface area contributed by atoms with Crippen LogP contribution in [0.2, 0.25) is 10.0 Å². The average molecular weight is 310 g/mol. The lowest BCUT2D eigenvalue weighted by Crippen LogP contribution is -2.19. The molecule has 0 aliphatic heterocycles. The monoisotopic (exact) mass is 309 g/mol. The minimum atomic E-state index is -0.272. The third kappa shape index (κ3) is 3.21. The molecule has 0 saturated carbocycles. The molecule has 0 spiro atoms. The van der Waals surface area contributed by atoms with Crippen LogP contribution in [0.25, 0.3) is 0 Å². The van der Waals surface area contributed by atoms with Crippen LogP contribution >= 0.6 is 23.2 Å². The molecule has 1 aromatic carbocycles. The number of hydrogen-bond donors (Lipinski definition) is 1. The lowest BCUT2D eigenvalue weighted by molar-refractivity contribution is 0.102. The molecule has 0 atom stereocenters. The molecule has 104 valence electrons. The second-order valence-electron chi connectivity index (χ2n) is 4.35. The number of halogens is 2. The highest BCUT2D eigenvalue weighted by Gasteiger charge is 2.15. The Bertz CT molecular complexity index is 644. The summed E-state index contributed by atoms with van der Waals surface area (Å²) in [6.45, 7) is 0. The number of anilines is 2.